The number of nitrogens with two attached hydrogens (primary N) is 1. The van der Waals surface area contributed by atoms with Crippen LogP contribution in [0.1, 0.15) is 11.6 Å². The SMILES string of the molecule is NCC(c1cccc(Br)c1)n1ncc2ccccc21. The van der Waals surface area contributed by atoms with Gasteiger partial charge in [-0.1, -0.05) is 46.3 Å². The van der Waals surface area contributed by atoms with Crippen LogP contribution in [-0.2, 0) is 0 Å². The molecule has 2 N–H and O–H groups in total. The standard InChI is InChI=1S/C15H14BrN3/c16-13-6-3-5-11(8-13)15(9-17)19-14-7-2-1-4-12(14)10-18-19/h1-8,10,15H,9,17H2. The summed E-state index contributed by atoms with van der Waals surface area (Å²) in [6, 6.07) is 16.4. The molecule has 1 aromatic heterocycles. The highest BCUT2D eigenvalue weighted by molar-refractivity contribution is 9.10. The molecule has 3 rings (SSSR count). The van der Waals surface area contributed by atoms with E-state index in [1.165, 1.54) is 0 Å². The lowest BCUT2D eigenvalue weighted by molar-refractivity contribution is 0.549. The number of hydrogen-bond acceptors (Lipinski definition) is 2. The summed E-state index contributed by atoms with van der Waals surface area (Å²) >= 11 is 3.50. The zero-order chi connectivity index (χ0) is 13.2. The minimum absolute atomic E-state index is 0.0531. The van der Waals surface area contributed by atoms with E-state index in [1.54, 1.807) is 0 Å². The molecule has 0 spiro atoms. The minimum Gasteiger partial charge on any atom is -0.328 e. The van der Waals surface area contributed by atoms with Crippen molar-refractivity contribution >= 4 is 26.8 Å². The molecule has 0 radical (unpaired) electrons. The van der Waals surface area contributed by atoms with E-state index in [0.29, 0.717) is 6.54 Å². The van der Waals surface area contributed by atoms with E-state index in [0.717, 1.165) is 20.9 Å². The van der Waals surface area contributed by atoms with Crippen LogP contribution in [-0.4, -0.2) is 16.3 Å². The maximum atomic E-state index is 5.96. The van der Waals surface area contributed by atoms with E-state index < -0.39 is 0 Å². The molecule has 2 aromatic carbocycles. The van der Waals surface area contributed by atoms with Gasteiger partial charge in [0.1, 0.15) is 0 Å². The highest BCUT2D eigenvalue weighted by Crippen LogP contribution is 2.24. The maximum Gasteiger partial charge on any atom is 0.0898 e. The molecule has 1 unspecified atom stereocenters. The first kappa shape index (κ1) is 12.4. The van der Waals surface area contributed by atoms with Gasteiger partial charge < -0.3 is 5.73 Å². The normalized spacial score (nSPS) is 12.7. The number of fused-ring (bicyclic) bond motifs is 1. The Morgan fingerprint density at radius 1 is 1.16 bits per heavy atom. The van der Waals surface area contributed by atoms with E-state index in [9.17, 15) is 0 Å². The van der Waals surface area contributed by atoms with Crippen molar-refractivity contribution in [3.8, 4) is 0 Å². The third kappa shape index (κ3) is 2.29. The van der Waals surface area contributed by atoms with Crippen molar-refractivity contribution in [1.29, 1.82) is 0 Å². The van der Waals surface area contributed by atoms with Crippen molar-refractivity contribution < 1.29 is 0 Å². The monoisotopic (exact) mass is 315 g/mol. The summed E-state index contributed by atoms with van der Waals surface area (Å²) in [5.74, 6) is 0. The Kier molecular flexibility index (Phi) is 3.36. The molecule has 0 aliphatic rings. The van der Waals surface area contributed by atoms with Gasteiger partial charge in [-0.3, -0.25) is 4.68 Å². The van der Waals surface area contributed by atoms with E-state index in [4.69, 9.17) is 5.73 Å². The van der Waals surface area contributed by atoms with Gasteiger partial charge in [-0.15, -0.1) is 0 Å². The van der Waals surface area contributed by atoms with Gasteiger partial charge in [0.05, 0.1) is 17.8 Å². The zero-order valence-electron chi connectivity index (χ0n) is 10.3. The van der Waals surface area contributed by atoms with Crippen molar-refractivity contribution in [1.82, 2.24) is 9.78 Å². The average Bonchev–Trinajstić information content (AvgIpc) is 2.84. The first-order chi connectivity index (χ1) is 9.29. The van der Waals surface area contributed by atoms with Gasteiger partial charge in [0, 0.05) is 16.4 Å². The highest BCUT2D eigenvalue weighted by Gasteiger charge is 2.15. The first-order valence-electron chi connectivity index (χ1n) is 6.17. The second-order valence-electron chi connectivity index (χ2n) is 4.45. The summed E-state index contributed by atoms with van der Waals surface area (Å²) in [7, 11) is 0. The number of rotatable bonds is 3. The second-order valence-corrected chi connectivity index (χ2v) is 5.37. The summed E-state index contributed by atoms with van der Waals surface area (Å²) in [5, 5.41) is 5.63. The predicted molar refractivity (Wildman–Crippen MR) is 81.1 cm³/mol. The quantitative estimate of drug-likeness (QED) is 0.805. The summed E-state index contributed by atoms with van der Waals surface area (Å²) in [5.41, 5.74) is 8.23. The van der Waals surface area contributed by atoms with Crippen molar-refractivity contribution in [2.45, 2.75) is 6.04 Å². The largest absolute Gasteiger partial charge is 0.328 e. The van der Waals surface area contributed by atoms with Gasteiger partial charge in [0.25, 0.3) is 0 Å². The molecule has 0 aliphatic carbocycles. The molecule has 0 saturated carbocycles. The molecule has 19 heavy (non-hydrogen) atoms. The van der Waals surface area contributed by atoms with Gasteiger partial charge in [0.15, 0.2) is 0 Å². The maximum absolute atomic E-state index is 5.96. The molecule has 3 nitrogen and oxygen atoms in total. The third-order valence-corrected chi connectivity index (χ3v) is 3.75. The second kappa shape index (κ2) is 5.15. The van der Waals surface area contributed by atoms with Crippen LogP contribution in [0.25, 0.3) is 10.9 Å². The molecule has 1 heterocycles. The molecule has 0 amide bonds. The lowest BCUT2D eigenvalue weighted by Gasteiger charge is -2.17. The number of nitrogens with zero attached hydrogens (tertiary/aromatic N) is 2. The fourth-order valence-corrected chi connectivity index (χ4v) is 2.75. The Balaban J connectivity index is 2.12. The molecule has 3 aromatic rings. The zero-order valence-corrected chi connectivity index (χ0v) is 11.9. The van der Waals surface area contributed by atoms with Crippen LogP contribution >= 0.6 is 15.9 Å². The number of aromatic nitrogens is 2. The van der Waals surface area contributed by atoms with Gasteiger partial charge in [-0.25, -0.2) is 0 Å². The van der Waals surface area contributed by atoms with Crippen LogP contribution in [0.3, 0.4) is 0 Å². The van der Waals surface area contributed by atoms with E-state index >= 15 is 0 Å². The molecule has 96 valence electrons. The lowest BCUT2D eigenvalue weighted by Crippen LogP contribution is -2.21. The van der Waals surface area contributed by atoms with Crippen LogP contribution in [0.5, 0.6) is 0 Å². The third-order valence-electron chi connectivity index (χ3n) is 3.26. The van der Waals surface area contributed by atoms with Crippen LogP contribution < -0.4 is 5.73 Å². The van der Waals surface area contributed by atoms with Crippen LogP contribution in [0.2, 0.25) is 0 Å². The number of para-hydroxylation sites is 1. The molecule has 0 fully saturated rings. The van der Waals surface area contributed by atoms with Crippen molar-refractivity contribution in [3.63, 3.8) is 0 Å². The van der Waals surface area contributed by atoms with Gasteiger partial charge in [-0.2, -0.15) is 5.10 Å². The fourth-order valence-electron chi connectivity index (χ4n) is 2.33. The number of halogens is 1. The summed E-state index contributed by atoms with van der Waals surface area (Å²) in [6.45, 7) is 0.516. The Bertz CT molecular complexity index is 705. The van der Waals surface area contributed by atoms with Gasteiger partial charge >= 0.3 is 0 Å². The van der Waals surface area contributed by atoms with Crippen molar-refractivity contribution in [3.05, 3.63) is 64.8 Å². The molecule has 1 atom stereocenters. The average molecular weight is 316 g/mol. The predicted octanol–water partition coefficient (Wildman–Crippen LogP) is 3.35. The number of hydrogen-bond donors (Lipinski definition) is 1. The Morgan fingerprint density at radius 3 is 2.79 bits per heavy atom. The summed E-state index contributed by atoms with van der Waals surface area (Å²) < 4.78 is 3.05. The lowest BCUT2D eigenvalue weighted by atomic mass is 10.1. The van der Waals surface area contributed by atoms with E-state index in [2.05, 4.69) is 45.3 Å². The van der Waals surface area contributed by atoms with Crippen molar-refractivity contribution in [2.24, 2.45) is 5.73 Å². The smallest absolute Gasteiger partial charge is 0.0898 e. The fraction of sp³-hybridized carbons (Fsp3) is 0.133. The van der Waals surface area contributed by atoms with Gasteiger partial charge in [-0.05, 0) is 23.8 Å². The highest BCUT2D eigenvalue weighted by atomic mass is 79.9. The summed E-state index contributed by atoms with van der Waals surface area (Å²) in [6.07, 6.45) is 1.88. The van der Waals surface area contributed by atoms with Crippen LogP contribution in [0, 0.1) is 0 Å². The topological polar surface area (TPSA) is 43.8 Å². The molecule has 0 aliphatic heterocycles. The number of benzene rings is 2. The molecular weight excluding hydrogens is 302 g/mol. The summed E-state index contributed by atoms with van der Waals surface area (Å²) in [4.78, 5) is 0. The van der Waals surface area contributed by atoms with E-state index in [1.807, 2.05) is 35.1 Å². The Morgan fingerprint density at radius 2 is 2.00 bits per heavy atom. The first-order valence-corrected chi connectivity index (χ1v) is 6.96. The van der Waals surface area contributed by atoms with Crippen molar-refractivity contribution in [2.75, 3.05) is 6.54 Å². The molecule has 0 bridgehead atoms. The Labute approximate surface area is 120 Å². The molecule has 0 saturated heterocycles. The Hall–Kier alpha value is -1.65. The molecular formula is C15H14BrN3. The van der Waals surface area contributed by atoms with Crippen LogP contribution in [0.15, 0.2) is 59.2 Å². The van der Waals surface area contributed by atoms with Gasteiger partial charge in [0.2, 0.25) is 0 Å². The van der Waals surface area contributed by atoms with E-state index in [-0.39, 0.29) is 6.04 Å². The molecule has 4 heteroatoms. The minimum atomic E-state index is 0.0531. The van der Waals surface area contributed by atoms with Crippen LogP contribution in [0.4, 0.5) is 0 Å².